The highest BCUT2D eigenvalue weighted by molar-refractivity contribution is 6.02. The molecule has 1 aromatic rings. The van der Waals surface area contributed by atoms with Crippen molar-refractivity contribution in [1.82, 2.24) is 0 Å². The number of hydrogen-bond acceptors (Lipinski definition) is 7. The molecular formula is C9H8N4O3-2. The van der Waals surface area contributed by atoms with E-state index in [0.717, 1.165) is 12.0 Å². The molecule has 0 atom stereocenters. The molecule has 0 aliphatic carbocycles. The zero-order chi connectivity index (χ0) is 11.3. The molecule has 0 spiro atoms. The second kappa shape index (κ2) is 3.00. The number of rotatable bonds is 0. The molecule has 1 aromatic carbocycles. The summed E-state index contributed by atoms with van der Waals surface area (Å²) in [5.74, 6) is 0.253. The lowest BCUT2D eigenvalue weighted by Gasteiger charge is -2.41. The van der Waals surface area contributed by atoms with Gasteiger partial charge >= 0.3 is 0 Å². The predicted octanol–water partition coefficient (Wildman–Crippen LogP) is 0.473. The van der Waals surface area contributed by atoms with Crippen molar-refractivity contribution in [2.45, 2.75) is 6.42 Å². The first-order valence-electron chi connectivity index (χ1n) is 4.75. The highest BCUT2D eigenvalue weighted by Gasteiger charge is 2.20. The van der Waals surface area contributed by atoms with E-state index >= 15 is 0 Å². The fourth-order valence-corrected chi connectivity index (χ4v) is 1.83. The molecule has 3 rings (SSSR count). The molecule has 0 bridgehead atoms. The van der Waals surface area contributed by atoms with E-state index in [4.69, 9.17) is 10.5 Å². The maximum Gasteiger partial charge on any atom is 0.207 e. The molecule has 7 nitrogen and oxygen atoms in total. The maximum atomic E-state index is 11.6. The van der Waals surface area contributed by atoms with Gasteiger partial charge in [-0.15, -0.1) is 5.10 Å². The largest absolute Gasteiger partial charge is 0.752 e. The second-order valence-corrected chi connectivity index (χ2v) is 3.57. The summed E-state index contributed by atoms with van der Waals surface area (Å²) in [4.78, 5) is 0. The normalized spacial score (nSPS) is 17.8. The summed E-state index contributed by atoms with van der Waals surface area (Å²) in [7, 11) is 0. The van der Waals surface area contributed by atoms with Crippen LogP contribution in [0.25, 0.3) is 0 Å². The smallest absolute Gasteiger partial charge is 0.207 e. The van der Waals surface area contributed by atoms with E-state index in [-0.39, 0.29) is 17.3 Å². The molecule has 0 aromatic heterocycles. The van der Waals surface area contributed by atoms with Gasteiger partial charge in [0.1, 0.15) is 5.75 Å². The van der Waals surface area contributed by atoms with Gasteiger partial charge in [0, 0.05) is 12.5 Å². The van der Waals surface area contributed by atoms with Crippen LogP contribution >= 0.6 is 0 Å². The van der Waals surface area contributed by atoms with Gasteiger partial charge in [0.15, 0.2) is 0 Å². The lowest BCUT2D eigenvalue weighted by molar-refractivity contribution is 0.357. The summed E-state index contributed by atoms with van der Waals surface area (Å²) in [6, 6.07) is 3.14. The number of ether oxygens (including phenoxy) is 1. The van der Waals surface area contributed by atoms with Crippen molar-refractivity contribution in [2.75, 3.05) is 16.8 Å². The van der Waals surface area contributed by atoms with E-state index in [2.05, 4.69) is 5.10 Å². The molecule has 0 radical (unpaired) electrons. The Morgan fingerprint density at radius 2 is 2.12 bits per heavy atom. The van der Waals surface area contributed by atoms with Crippen LogP contribution in [0.3, 0.4) is 0 Å². The monoisotopic (exact) mass is 220 g/mol. The molecule has 7 heteroatoms. The Kier molecular flexibility index (Phi) is 1.73. The molecule has 16 heavy (non-hydrogen) atoms. The van der Waals surface area contributed by atoms with Crippen molar-refractivity contribution < 1.29 is 4.74 Å². The summed E-state index contributed by atoms with van der Waals surface area (Å²) in [6.45, 7) is 0.562. The Morgan fingerprint density at radius 3 is 2.94 bits per heavy atom. The van der Waals surface area contributed by atoms with E-state index in [0.29, 0.717) is 22.6 Å². The van der Waals surface area contributed by atoms with Crippen LogP contribution in [-0.4, -0.2) is 12.6 Å². The third-order valence-electron chi connectivity index (χ3n) is 2.61. The first-order valence-corrected chi connectivity index (χ1v) is 4.75. The van der Waals surface area contributed by atoms with Gasteiger partial charge in [0.05, 0.1) is 18.0 Å². The van der Waals surface area contributed by atoms with Crippen molar-refractivity contribution in [3.63, 3.8) is 0 Å². The Labute approximate surface area is 90.8 Å². The van der Waals surface area contributed by atoms with Gasteiger partial charge < -0.3 is 31.1 Å². The number of guanidine groups is 1. The second-order valence-electron chi connectivity index (χ2n) is 3.57. The molecule has 2 aliphatic heterocycles. The van der Waals surface area contributed by atoms with Crippen molar-refractivity contribution in [2.24, 2.45) is 10.8 Å². The zero-order valence-electron chi connectivity index (χ0n) is 8.21. The molecule has 0 saturated carbocycles. The Hall–Kier alpha value is -1.99. The highest BCUT2D eigenvalue weighted by atomic mass is 16.5. The molecule has 0 unspecified atom stereocenters. The van der Waals surface area contributed by atoms with Crippen LogP contribution < -0.4 is 20.7 Å². The van der Waals surface area contributed by atoms with Gasteiger partial charge in [-0.25, -0.2) is 0 Å². The first-order chi connectivity index (χ1) is 7.66. The fourth-order valence-electron chi connectivity index (χ4n) is 1.83. The molecule has 2 N–H and O–H groups in total. The number of anilines is 2. The van der Waals surface area contributed by atoms with E-state index in [1.807, 2.05) is 0 Å². The summed E-state index contributed by atoms with van der Waals surface area (Å²) < 4.78 is 5.32. The van der Waals surface area contributed by atoms with E-state index < -0.39 is 0 Å². The van der Waals surface area contributed by atoms with Gasteiger partial charge in [0.2, 0.25) is 5.96 Å². The average molecular weight is 220 g/mol. The first kappa shape index (κ1) is 9.25. The molecule has 2 aliphatic rings. The van der Waals surface area contributed by atoms with Gasteiger partial charge in [-0.3, -0.25) is 0 Å². The fraction of sp³-hybridized carbons (Fsp3) is 0.222. The molecule has 2 heterocycles. The molecule has 0 amide bonds. The zero-order valence-corrected chi connectivity index (χ0v) is 8.21. The van der Waals surface area contributed by atoms with Crippen molar-refractivity contribution in [3.05, 3.63) is 28.1 Å². The summed E-state index contributed by atoms with van der Waals surface area (Å²) in [5.41, 5.74) is 6.59. The van der Waals surface area contributed by atoms with Crippen LogP contribution in [-0.2, 0) is 6.42 Å². The predicted molar refractivity (Wildman–Crippen MR) is 59.0 cm³/mol. The quantitative estimate of drug-likeness (QED) is 0.682. The third-order valence-corrected chi connectivity index (χ3v) is 2.61. The van der Waals surface area contributed by atoms with Gasteiger partial charge in [-0.1, -0.05) is 0 Å². The lowest BCUT2D eigenvalue weighted by atomic mass is 10.1. The van der Waals surface area contributed by atoms with Crippen LogP contribution in [0.2, 0.25) is 0 Å². The van der Waals surface area contributed by atoms with Gasteiger partial charge in [-0.2, -0.15) is 0 Å². The van der Waals surface area contributed by atoms with Crippen LogP contribution in [0.5, 0.6) is 5.75 Å². The molecule has 0 saturated heterocycles. The van der Waals surface area contributed by atoms with Crippen LogP contribution in [0.15, 0.2) is 17.2 Å². The number of fused-ring (bicyclic) bond motifs is 2. The lowest BCUT2D eigenvalue weighted by Crippen LogP contribution is -2.38. The minimum absolute atomic E-state index is 0.170. The number of hydroxylamine groups is 1. The summed E-state index contributed by atoms with van der Waals surface area (Å²) in [5, 5.41) is 27.2. The minimum atomic E-state index is -0.375. The Balaban J connectivity index is 2.17. The van der Waals surface area contributed by atoms with Crippen molar-refractivity contribution in [1.29, 1.82) is 0 Å². The van der Waals surface area contributed by atoms with Crippen molar-refractivity contribution in [3.8, 4) is 5.75 Å². The maximum absolute atomic E-state index is 11.6. The highest BCUT2D eigenvalue weighted by Crippen LogP contribution is 2.39. The number of hydrogen-bond donors (Lipinski definition) is 1. The number of hydrazone groups is 1. The van der Waals surface area contributed by atoms with E-state index in [9.17, 15) is 10.4 Å². The minimum Gasteiger partial charge on any atom is -0.752 e. The van der Waals surface area contributed by atoms with Crippen LogP contribution in [0.4, 0.5) is 11.4 Å². The Morgan fingerprint density at radius 1 is 1.31 bits per heavy atom. The summed E-state index contributed by atoms with van der Waals surface area (Å²) >= 11 is 0. The number of nitrogens with zero attached hydrogens (tertiary/aromatic N) is 3. The molecule has 0 fully saturated rings. The van der Waals surface area contributed by atoms with Gasteiger partial charge in [0.25, 0.3) is 0 Å². The molecular weight excluding hydrogens is 212 g/mol. The summed E-state index contributed by atoms with van der Waals surface area (Å²) in [6.07, 6.45) is 0.731. The van der Waals surface area contributed by atoms with Crippen molar-refractivity contribution >= 4 is 17.3 Å². The average Bonchev–Trinajstić information content (AvgIpc) is 2.71. The molecule has 84 valence electrons. The van der Waals surface area contributed by atoms with Crippen LogP contribution in [0.1, 0.15) is 5.56 Å². The number of nitrogens with two attached hydrogens (primary N) is 1. The SMILES string of the molecule is NC1=NN([O-])c2cc3c(cc2N1[O-])OCC3. The van der Waals surface area contributed by atoms with E-state index in [1.54, 1.807) is 6.07 Å². The van der Waals surface area contributed by atoms with Gasteiger partial charge in [-0.05, 0) is 11.6 Å². The topological polar surface area (TPSA) is 100 Å². The third kappa shape index (κ3) is 1.12. The van der Waals surface area contributed by atoms with Crippen LogP contribution in [0, 0.1) is 10.4 Å². The number of benzene rings is 1. The Bertz CT molecular complexity index is 488. The standard InChI is InChI=1S/C9H8N4O3/c10-9-11-13(15)7-3-5-1-2-16-8(5)4-6(7)12(9)14/h3-4H,1-2H2,(H2,10,11)/q-2. The van der Waals surface area contributed by atoms with E-state index in [1.165, 1.54) is 6.07 Å².